The predicted octanol–water partition coefficient (Wildman–Crippen LogP) is 0.339. The lowest BCUT2D eigenvalue weighted by Crippen LogP contribution is -2.47. The summed E-state index contributed by atoms with van der Waals surface area (Å²) in [4.78, 5) is 14.4. The molecule has 2 aliphatic heterocycles. The number of likely N-dealkylation sites (tertiary alicyclic amines) is 1. The molecule has 4 nitrogen and oxygen atoms in total. The molecule has 0 saturated carbocycles. The first-order valence-corrected chi connectivity index (χ1v) is 6.56. The average molecular weight is 225 g/mol. The van der Waals surface area contributed by atoms with Crippen LogP contribution in [0.25, 0.3) is 0 Å². The number of rotatable bonds is 4. The van der Waals surface area contributed by atoms with Crippen molar-refractivity contribution >= 4 is 5.91 Å². The summed E-state index contributed by atoms with van der Waals surface area (Å²) in [6.45, 7) is 6.30. The second kappa shape index (κ2) is 5.64. The molecule has 2 N–H and O–H groups in total. The summed E-state index contributed by atoms with van der Waals surface area (Å²) in [6.07, 6.45) is 4.41. The van der Waals surface area contributed by atoms with E-state index in [2.05, 4.69) is 22.5 Å². The minimum Gasteiger partial charge on any atom is -0.351 e. The van der Waals surface area contributed by atoms with Crippen molar-refractivity contribution in [3.05, 3.63) is 0 Å². The van der Waals surface area contributed by atoms with Crippen molar-refractivity contribution in [2.45, 2.75) is 44.7 Å². The zero-order valence-corrected chi connectivity index (χ0v) is 10.2. The van der Waals surface area contributed by atoms with E-state index in [1.165, 1.54) is 6.42 Å². The molecule has 2 rings (SSSR count). The standard InChI is InChI=1S/C12H23N3O/c1-2-7-15-8-3-4-11(15)12(16)14-10-5-6-13-9-10/h10-11,13H,2-9H2,1H3,(H,14,16). The van der Waals surface area contributed by atoms with Crippen LogP contribution in [0.4, 0.5) is 0 Å². The molecule has 1 amide bonds. The number of carbonyl (C=O) groups is 1. The minimum atomic E-state index is 0.139. The number of nitrogens with one attached hydrogen (secondary N) is 2. The molecule has 0 aromatic rings. The predicted molar refractivity (Wildman–Crippen MR) is 64.3 cm³/mol. The van der Waals surface area contributed by atoms with Crippen molar-refractivity contribution < 1.29 is 4.79 Å². The summed E-state index contributed by atoms with van der Waals surface area (Å²) in [5, 5.41) is 6.44. The third kappa shape index (κ3) is 2.74. The van der Waals surface area contributed by atoms with Gasteiger partial charge in [-0.15, -0.1) is 0 Å². The van der Waals surface area contributed by atoms with Gasteiger partial charge in [0.05, 0.1) is 6.04 Å². The van der Waals surface area contributed by atoms with Crippen LogP contribution in [0.2, 0.25) is 0 Å². The molecule has 0 bridgehead atoms. The molecule has 0 spiro atoms. The van der Waals surface area contributed by atoms with Crippen LogP contribution in [-0.4, -0.2) is 49.1 Å². The SMILES string of the molecule is CCCN1CCCC1C(=O)NC1CCNC1. The molecule has 2 atom stereocenters. The van der Waals surface area contributed by atoms with Crippen LogP contribution in [0.5, 0.6) is 0 Å². The lowest BCUT2D eigenvalue weighted by atomic mass is 10.1. The second-order valence-electron chi connectivity index (χ2n) is 4.89. The maximum absolute atomic E-state index is 12.1. The van der Waals surface area contributed by atoms with E-state index in [4.69, 9.17) is 0 Å². The molecular weight excluding hydrogens is 202 g/mol. The summed E-state index contributed by atoms with van der Waals surface area (Å²) >= 11 is 0. The Morgan fingerprint density at radius 3 is 3.06 bits per heavy atom. The molecule has 0 aliphatic carbocycles. The van der Waals surface area contributed by atoms with Crippen LogP contribution in [0.15, 0.2) is 0 Å². The van der Waals surface area contributed by atoms with Crippen molar-refractivity contribution in [3.63, 3.8) is 0 Å². The van der Waals surface area contributed by atoms with Gasteiger partial charge in [0.15, 0.2) is 0 Å². The Bertz CT molecular complexity index is 238. The van der Waals surface area contributed by atoms with E-state index in [1.54, 1.807) is 0 Å². The number of amides is 1. The van der Waals surface area contributed by atoms with E-state index in [9.17, 15) is 4.79 Å². The molecule has 2 saturated heterocycles. The Balaban J connectivity index is 1.82. The van der Waals surface area contributed by atoms with Crippen LogP contribution in [-0.2, 0) is 4.79 Å². The van der Waals surface area contributed by atoms with E-state index in [0.29, 0.717) is 6.04 Å². The van der Waals surface area contributed by atoms with E-state index in [-0.39, 0.29) is 11.9 Å². The summed E-state index contributed by atoms with van der Waals surface area (Å²) in [5.41, 5.74) is 0. The Kier molecular flexibility index (Phi) is 4.18. The Hall–Kier alpha value is -0.610. The molecule has 0 aromatic heterocycles. The summed E-state index contributed by atoms with van der Waals surface area (Å²) < 4.78 is 0. The summed E-state index contributed by atoms with van der Waals surface area (Å²) in [7, 11) is 0. The Morgan fingerprint density at radius 2 is 2.38 bits per heavy atom. The van der Waals surface area contributed by atoms with Gasteiger partial charge in [0.25, 0.3) is 0 Å². The van der Waals surface area contributed by atoms with Crippen molar-refractivity contribution in [1.29, 1.82) is 0 Å². The van der Waals surface area contributed by atoms with Gasteiger partial charge in [-0.25, -0.2) is 0 Å². The maximum Gasteiger partial charge on any atom is 0.237 e. The molecule has 16 heavy (non-hydrogen) atoms. The fourth-order valence-corrected chi connectivity index (χ4v) is 2.75. The van der Waals surface area contributed by atoms with E-state index in [0.717, 1.165) is 45.4 Å². The first-order valence-electron chi connectivity index (χ1n) is 6.56. The van der Waals surface area contributed by atoms with Crippen LogP contribution < -0.4 is 10.6 Å². The highest BCUT2D eigenvalue weighted by Crippen LogP contribution is 2.17. The molecule has 2 aliphatic rings. The molecule has 0 aromatic carbocycles. The van der Waals surface area contributed by atoms with Crippen LogP contribution in [0, 0.1) is 0 Å². The van der Waals surface area contributed by atoms with Gasteiger partial charge in [0.1, 0.15) is 0 Å². The van der Waals surface area contributed by atoms with Crippen molar-refractivity contribution in [2.75, 3.05) is 26.2 Å². The van der Waals surface area contributed by atoms with Gasteiger partial charge < -0.3 is 10.6 Å². The first-order chi connectivity index (χ1) is 7.81. The monoisotopic (exact) mass is 225 g/mol. The van der Waals surface area contributed by atoms with Gasteiger partial charge in [0, 0.05) is 12.6 Å². The van der Waals surface area contributed by atoms with Gasteiger partial charge in [-0.2, -0.15) is 0 Å². The third-order valence-electron chi connectivity index (χ3n) is 3.58. The van der Waals surface area contributed by atoms with Crippen LogP contribution >= 0.6 is 0 Å². The molecule has 2 fully saturated rings. The van der Waals surface area contributed by atoms with Crippen LogP contribution in [0.1, 0.15) is 32.6 Å². The van der Waals surface area contributed by atoms with Crippen LogP contribution in [0.3, 0.4) is 0 Å². The number of hydrogen-bond acceptors (Lipinski definition) is 3. The highest BCUT2D eigenvalue weighted by Gasteiger charge is 2.31. The molecule has 0 radical (unpaired) electrons. The zero-order chi connectivity index (χ0) is 11.4. The first kappa shape index (κ1) is 11.9. The lowest BCUT2D eigenvalue weighted by molar-refractivity contribution is -0.126. The molecule has 2 heterocycles. The summed E-state index contributed by atoms with van der Waals surface area (Å²) in [6, 6.07) is 0.497. The molecule has 2 unspecified atom stereocenters. The Morgan fingerprint density at radius 1 is 1.50 bits per heavy atom. The number of nitrogens with zero attached hydrogens (tertiary/aromatic N) is 1. The average Bonchev–Trinajstić information content (AvgIpc) is 2.89. The van der Waals surface area contributed by atoms with Crippen molar-refractivity contribution in [3.8, 4) is 0 Å². The van der Waals surface area contributed by atoms with Crippen molar-refractivity contribution in [2.24, 2.45) is 0 Å². The fourth-order valence-electron chi connectivity index (χ4n) is 2.75. The molecule has 4 heteroatoms. The van der Waals surface area contributed by atoms with Gasteiger partial charge in [-0.1, -0.05) is 6.92 Å². The summed E-state index contributed by atoms with van der Waals surface area (Å²) in [5.74, 6) is 0.250. The normalized spacial score (nSPS) is 30.8. The van der Waals surface area contributed by atoms with Gasteiger partial charge in [-0.3, -0.25) is 9.69 Å². The van der Waals surface area contributed by atoms with E-state index < -0.39 is 0 Å². The second-order valence-corrected chi connectivity index (χ2v) is 4.89. The highest BCUT2D eigenvalue weighted by atomic mass is 16.2. The number of carbonyl (C=O) groups excluding carboxylic acids is 1. The fraction of sp³-hybridized carbons (Fsp3) is 0.917. The van der Waals surface area contributed by atoms with Gasteiger partial charge >= 0.3 is 0 Å². The quantitative estimate of drug-likeness (QED) is 0.725. The van der Waals surface area contributed by atoms with E-state index >= 15 is 0 Å². The topological polar surface area (TPSA) is 44.4 Å². The van der Waals surface area contributed by atoms with Crippen molar-refractivity contribution in [1.82, 2.24) is 15.5 Å². The zero-order valence-electron chi connectivity index (χ0n) is 10.2. The van der Waals surface area contributed by atoms with Gasteiger partial charge in [0.2, 0.25) is 5.91 Å². The largest absolute Gasteiger partial charge is 0.351 e. The number of hydrogen-bond donors (Lipinski definition) is 2. The Labute approximate surface area is 97.8 Å². The smallest absolute Gasteiger partial charge is 0.237 e. The minimum absolute atomic E-state index is 0.139. The molecular formula is C12H23N3O. The maximum atomic E-state index is 12.1. The lowest BCUT2D eigenvalue weighted by Gasteiger charge is -2.24. The highest BCUT2D eigenvalue weighted by molar-refractivity contribution is 5.82. The van der Waals surface area contributed by atoms with Gasteiger partial charge in [-0.05, 0) is 45.3 Å². The third-order valence-corrected chi connectivity index (χ3v) is 3.58. The van der Waals surface area contributed by atoms with E-state index in [1.807, 2.05) is 0 Å². The molecule has 92 valence electrons.